The van der Waals surface area contributed by atoms with Crippen molar-refractivity contribution in [1.29, 1.82) is 0 Å². The van der Waals surface area contributed by atoms with Crippen molar-refractivity contribution in [2.24, 2.45) is 0 Å². The van der Waals surface area contributed by atoms with Gasteiger partial charge in [-0.15, -0.1) is 0 Å². The molecule has 0 aliphatic rings. The minimum atomic E-state index is -3.60. The number of sulfonamides is 1. The number of benzene rings is 3. The van der Waals surface area contributed by atoms with Gasteiger partial charge in [-0.05, 0) is 29.1 Å². The fourth-order valence-corrected chi connectivity index (χ4v) is 3.71. The number of hydrogen-bond donors (Lipinski definition) is 1. The molecule has 118 valence electrons. The van der Waals surface area contributed by atoms with Gasteiger partial charge in [0, 0.05) is 11.9 Å². The first-order chi connectivity index (χ1) is 11.1. The monoisotopic (exact) mass is 327 g/mol. The lowest BCUT2D eigenvalue weighted by molar-refractivity contribution is 0.414. The maximum atomic E-state index is 12.6. The molecule has 0 unspecified atom stereocenters. The SMILES string of the molecule is COc1cccc(CNS(=O)(=O)c2cccc3ccccc23)c1. The maximum absolute atomic E-state index is 12.6. The van der Waals surface area contributed by atoms with E-state index in [1.807, 2.05) is 54.6 Å². The molecule has 0 bridgehead atoms. The lowest BCUT2D eigenvalue weighted by Crippen LogP contribution is -2.23. The summed E-state index contributed by atoms with van der Waals surface area (Å²) >= 11 is 0. The molecule has 23 heavy (non-hydrogen) atoms. The van der Waals surface area contributed by atoms with Crippen LogP contribution in [0, 0.1) is 0 Å². The van der Waals surface area contributed by atoms with E-state index in [0.717, 1.165) is 10.9 Å². The third-order valence-electron chi connectivity index (χ3n) is 3.64. The predicted octanol–water partition coefficient (Wildman–Crippen LogP) is 3.33. The summed E-state index contributed by atoms with van der Waals surface area (Å²) in [4.78, 5) is 0.290. The number of rotatable bonds is 5. The molecule has 1 N–H and O–H groups in total. The van der Waals surface area contributed by atoms with Gasteiger partial charge in [-0.1, -0.05) is 48.5 Å². The number of nitrogens with one attached hydrogen (secondary N) is 1. The first-order valence-electron chi connectivity index (χ1n) is 7.20. The number of fused-ring (bicyclic) bond motifs is 1. The van der Waals surface area contributed by atoms with E-state index < -0.39 is 10.0 Å². The number of ether oxygens (including phenoxy) is 1. The van der Waals surface area contributed by atoms with E-state index in [4.69, 9.17) is 4.74 Å². The Labute approximate surface area is 135 Å². The highest BCUT2D eigenvalue weighted by molar-refractivity contribution is 7.89. The molecule has 0 radical (unpaired) electrons. The third-order valence-corrected chi connectivity index (χ3v) is 5.10. The van der Waals surface area contributed by atoms with Crippen molar-refractivity contribution in [3.63, 3.8) is 0 Å². The summed E-state index contributed by atoms with van der Waals surface area (Å²) in [5, 5.41) is 1.62. The fraction of sp³-hybridized carbons (Fsp3) is 0.111. The van der Waals surface area contributed by atoms with E-state index in [1.54, 1.807) is 19.2 Å². The lowest BCUT2D eigenvalue weighted by Gasteiger charge is -2.10. The van der Waals surface area contributed by atoms with Crippen LogP contribution in [0.2, 0.25) is 0 Å². The van der Waals surface area contributed by atoms with Crippen LogP contribution in [0.4, 0.5) is 0 Å². The Balaban J connectivity index is 1.89. The van der Waals surface area contributed by atoms with Crippen molar-refractivity contribution < 1.29 is 13.2 Å². The van der Waals surface area contributed by atoms with Crippen molar-refractivity contribution in [1.82, 2.24) is 4.72 Å². The fourth-order valence-electron chi connectivity index (χ4n) is 2.47. The van der Waals surface area contributed by atoms with Crippen LogP contribution in [-0.4, -0.2) is 15.5 Å². The molecule has 3 rings (SSSR count). The van der Waals surface area contributed by atoms with Crippen molar-refractivity contribution in [3.05, 3.63) is 72.3 Å². The van der Waals surface area contributed by atoms with E-state index in [-0.39, 0.29) is 6.54 Å². The van der Waals surface area contributed by atoms with E-state index in [1.165, 1.54) is 0 Å². The highest BCUT2D eigenvalue weighted by Crippen LogP contribution is 2.23. The molecule has 3 aromatic rings. The van der Waals surface area contributed by atoms with Crippen molar-refractivity contribution in [2.45, 2.75) is 11.4 Å². The minimum Gasteiger partial charge on any atom is -0.497 e. The van der Waals surface area contributed by atoms with Crippen LogP contribution < -0.4 is 9.46 Å². The Kier molecular flexibility index (Phi) is 4.32. The maximum Gasteiger partial charge on any atom is 0.241 e. The average Bonchev–Trinajstić information content (AvgIpc) is 2.60. The van der Waals surface area contributed by atoms with Gasteiger partial charge in [0.25, 0.3) is 0 Å². The molecule has 0 fully saturated rings. The van der Waals surface area contributed by atoms with Gasteiger partial charge in [0.2, 0.25) is 10.0 Å². The molecule has 0 amide bonds. The van der Waals surface area contributed by atoms with E-state index in [0.29, 0.717) is 16.0 Å². The molecule has 4 nitrogen and oxygen atoms in total. The summed E-state index contributed by atoms with van der Waals surface area (Å²) in [6.45, 7) is 0.211. The first kappa shape index (κ1) is 15.5. The second-order valence-corrected chi connectivity index (χ2v) is 6.89. The van der Waals surface area contributed by atoms with E-state index >= 15 is 0 Å². The Hall–Kier alpha value is -2.37. The molecule has 0 heterocycles. The zero-order valence-electron chi connectivity index (χ0n) is 12.7. The van der Waals surface area contributed by atoms with Crippen molar-refractivity contribution in [2.75, 3.05) is 7.11 Å². The van der Waals surface area contributed by atoms with Crippen LogP contribution in [0.1, 0.15) is 5.56 Å². The molecule has 0 aliphatic heterocycles. The Morgan fingerprint density at radius 3 is 2.52 bits per heavy atom. The number of hydrogen-bond acceptors (Lipinski definition) is 3. The van der Waals surface area contributed by atoms with Gasteiger partial charge in [-0.25, -0.2) is 13.1 Å². The standard InChI is InChI=1S/C18H17NO3S/c1-22-16-9-4-6-14(12-16)13-19-23(20,21)18-11-5-8-15-7-2-3-10-17(15)18/h2-12,19H,13H2,1H3. The summed E-state index contributed by atoms with van der Waals surface area (Å²) in [6.07, 6.45) is 0. The molecule has 0 spiro atoms. The topological polar surface area (TPSA) is 55.4 Å². The zero-order chi connectivity index (χ0) is 16.3. The van der Waals surface area contributed by atoms with Crippen LogP contribution in [0.3, 0.4) is 0 Å². The van der Waals surface area contributed by atoms with Gasteiger partial charge >= 0.3 is 0 Å². The summed E-state index contributed by atoms with van der Waals surface area (Å²) in [5.74, 6) is 0.701. The van der Waals surface area contributed by atoms with Crippen LogP contribution in [0.15, 0.2) is 71.6 Å². The second-order valence-electron chi connectivity index (χ2n) is 5.15. The molecule has 0 atom stereocenters. The minimum absolute atomic E-state index is 0.211. The second kappa shape index (κ2) is 6.40. The molecule has 0 aromatic heterocycles. The summed E-state index contributed by atoms with van der Waals surface area (Å²) < 4.78 is 33.1. The Bertz CT molecular complexity index is 930. The van der Waals surface area contributed by atoms with Gasteiger partial charge in [0.1, 0.15) is 5.75 Å². The summed E-state index contributed by atoms with van der Waals surface area (Å²) in [6, 6.07) is 20.0. The van der Waals surface area contributed by atoms with E-state index in [9.17, 15) is 8.42 Å². The van der Waals surface area contributed by atoms with Crippen LogP contribution in [0.5, 0.6) is 5.75 Å². The van der Waals surface area contributed by atoms with Crippen LogP contribution >= 0.6 is 0 Å². The quantitative estimate of drug-likeness (QED) is 0.782. The molecular weight excluding hydrogens is 310 g/mol. The molecule has 0 aliphatic carbocycles. The average molecular weight is 327 g/mol. The van der Waals surface area contributed by atoms with Crippen LogP contribution in [-0.2, 0) is 16.6 Å². The molecular formula is C18H17NO3S. The Morgan fingerprint density at radius 1 is 0.957 bits per heavy atom. The lowest BCUT2D eigenvalue weighted by atomic mass is 10.1. The van der Waals surface area contributed by atoms with Gasteiger partial charge in [-0.2, -0.15) is 0 Å². The highest BCUT2D eigenvalue weighted by Gasteiger charge is 2.16. The number of methoxy groups -OCH3 is 1. The summed E-state index contributed by atoms with van der Waals surface area (Å²) in [7, 11) is -2.01. The predicted molar refractivity (Wildman–Crippen MR) is 91.0 cm³/mol. The van der Waals surface area contributed by atoms with Gasteiger partial charge < -0.3 is 4.74 Å². The third kappa shape index (κ3) is 3.36. The summed E-state index contributed by atoms with van der Waals surface area (Å²) in [5.41, 5.74) is 0.841. The van der Waals surface area contributed by atoms with Crippen molar-refractivity contribution >= 4 is 20.8 Å². The zero-order valence-corrected chi connectivity index (χ0v) is 13.5. The normalized spacial score (nSPS) is 11.5. The largest absolute Gasteiger partial charge is 0.497 e. The Morgan fingerprint density at radius 2 is 1.70 bits per heavy atom. The molecule has 5 heteroatoms. The molecule has 0 saturated carbocycles. The molecule has 0 saturated heterocycles. The smallest absolute Gasteiger partial charge is 0.241 e. The first-order valence-corrected chi connectivity index (χ1v) is 8.69. The highest BCUT2D eigenvalue weighted by atomic mass is 32.2. The van der Waals surface area contributed by atoms with Crippen molar-refractivity contribution in [3.8, 4) is 5.75 Å². The van der Waals surface area contributed by atoms with Crippen LogP contribution in [0.25, 0.3) is 10.8 Å². The van der Waals surface area contributed by atoms with Gasteiger partial charge in [0.15, 0.2) is 0 Å². The van der Waals surface area contributed by atoms with Gasteiger partial charge in [-0.3, -0.25) is 0 Å². The van der Waals surface area contributed by atoms with Gasteiger partial charge in [0.05, 0.1) is 12.0 Å². The molecule has 3 aromatic carbocycles. The van der Waals surface area contributed by atoms with E-state index in [2.05, 4.69) is 4.72 Å².